The second-order valence-corrected chi connectivity index (χ2v) is 6.19. The van der Waals surface area contributed by atoms with E-state index in [1.807, 2.05) is 7.05 Å². The van der Waals surface area contributed by atoms with Crippen LogP contribution >= 0.6 is 0 Å². The van der Waals surface area contributed by atoms with Crippen LogP contribution in [0.4, 0.5) is 11.6 Å². The number of aryl methyl sites for hydroxylation is 1. The van der Waals surface area contributed by atoms with Gasteiger partial charge in [-0.2, -0.15) is 0 Å². The average molecular weight is 276 g/mol. The largest absolute Gasteiger partial charge is 0.373 e. The summed E-state index contributed by atoms with van der Waals surface area (Å²) in [6.07, 6.45) is 4.65. The van der Waals surface area contributed by atoms with E-state index in [0.717, 1.165) is 37.0 Å². The minimum Gasteiger partial charge on any atom is -0.373 e. The van der Waals surface area contributed by atoms with Crippen molar-refractivity contribution < 1.29 is 0 Å². The van der Waals surface area contributed by atoms with Crippen LogP contribution in [-0.4, -0.2) is 30.1 Å². The van der Waals surface area contributed by atoms with Crippen molar-refractivity contribution in [1.82, 2.24) is 9.97 Å². The molecule has 0 amide bonds. The molecule has 1 saturated heterocycles. The Morgan fingerprint density at radius 3 is 2.35 bits per heavy atom. The Bertz CT molecular complexity index is 462. The molecule has 0 spiro atoms. The molecule has 1 aliphatic heterocycles. The molecule has 1 fully saturated rings. The molecule has 0 unspecified atom stereocenters. The van der Waals surface area contributed by atoms with E-state index in [-0.39, 0.29) is 0 Å². The van der Waals surface area contributed by atoms with E-state index in [0.29, 0.717) is 5.41 Å². The zero-order valence-corrected chi connectivity index (χ0v) is 13.6. The molecule has 0 aliphatic carbocycles. The van der Waals surface area contributed by atoms with Gasteiger partial charge in [0.05, 0.1) is 0 Å². The summed E-state index contributed by atoms with van der Waals surface area (Å²) in [7, 11) is 1.93. The van der Waals surface area contributed by atoms with Crippen molar-refractivity contribution in [2.24, 2.45) is 5.41 Å². The van der Waals surface area contributed by atoms with Crippen LogP contribution in [0.25, 0.3) is 0 Å². The second kappa shape index (κ2) is 5.98. The molecule has 4 nitrogen and oxygen atoms in total. The fraction of sp³-hybridized carbons (Fsp3) is 0.750. The number of anilines is 2. The average Bonchev–Trinajstić information content (AvgIpc) is 2.48. The summed E-state index contributed by atoms with van der Waals surface area (Å²) in [6.45, 7) is 11.2. The maximum atomic E-state index is 4.77. The molecule has 1 N–H and O–H groups in total. The molecular weight excluding hydrogens is 248 g/mol. The minimum absolute atomic E-state index is 0.511. The fourth-order valence-corrected chi connectivity index (χ4v) is 2.87. The lowest BCUT2D eigenvalue weighted by atomic mass is 9.78. The number of piperidine rings is 1. The summed E-state index contributed by atoms with van der Waals surface area (Å²) in [4.78, 5) is 11.8. The molecule has 1 aromatic heterocycles. The molecule has 2 heterocycles. The van der Waals surface area contributed by atoms with Gasteiger partial charge in [-0.3, -0.25) is 0 Å². The lowest BCUT2D eigenvalue weighted by molar-refractivity contribution is 0.237. The van der Waals surface area contributed by atoms with E-state index < -0.39 is 0 Å². The Kier molecular flexibility index (Phi) is 4.51. The van der Waals surface area contributed by atoms with Crippen LogP contribution in [0, 0.1) is 12.3 Å². The van der Waals surface area contributed by atoms with Crippen LogP contribution in [0.3, 0.4) is 0 Å². The zero-order chi connectivity index (χ0) is 14.8. The molecule has 0 saturated carbocycles. The number of aromatic nitrogens is 2. The highest BCUT2D eigenvalue weighted by Crippen LogP contribution is 2.36. The first-order valence-electron chi connectivity index (χ1n) is 7.83. The van der Waals surface area contributed by atoms with Crippen LogP contribution in [0.5, 0.6) is 0 Å². The fourth-order valence-electron chi connectivity index (χ4n) is 2.87. The number of hydrogen-bond donors (Lipinski definition) is 1. The van der Waals surface area contributed by atoms with Crippen LogP contribution in [0.15, 0.2) is 0 Å². The van der Waals surface area contributed by atoms with Crippen LogP contribution in [-0.2, 0) is 6.42 Å². The number of rotatable bonds is 4. The van der Waals surface area contributed by atoms with Crippen LogP contribution in [0.2, 0.25) is 0 Å². The van der Waals surface area contributed by atoms with Gasteiger partial charge >= 0.3 is 0 Å². The third-order valence-corrected chi connectivity index (χ3v) is 4.84. The monoisotopic (exact) mass is 276 g/mol. The van der Waals surface area contributed by atoms with Gasteiger partial charge in [0.25, 0.3) is 0 Å². The summed E-state index contributed by atoms with van der Waals surface area (Å²) in [5.41, 5.74) is 1.68. The molecule has 112 valence electrons. The standard InChI is InChI=1S/C16H28N4/c1-6-13-18-14(17-5)12(3)15(19-13)20-10-8-16(4,7-2)9-11-20/h6-11H2,1-5H3,(H,17,18,19). The maximum Gasteiger partial charge on any atom is 0.137 e. The predicted octanol–water partition coefficient (Wildman–Crippen LogP) is 3.41. The Morgan fingerprint density at radius 1 is 1.20 bits per heavy atom. The molecular formula is C16H28N4. The second-order valence-electron chi connectivity index (χ2n) is 6.19. The van der Waals surface area contributed by atoms with Crippen molar-refractivity contribution >= 4 is 11.6 Å². The molecule has 2 rings (SSSR count). The van der Waals surface area contributed by atoms with Crippen LogP contribution in [0.1, 0.15) is 51.4 Å². The lowest BCUT2D eigenvalue weighted by Gasteiger charge is -2.40. The van der Waals surface area contributed by atoms with Gasteiger partial charge in [-0.05, 0) is 25.2 Å². The van der Waals surface area contributed by atoms with Gasteiger partial charge in [-0.15, -0.1) is 0 Å². The summed E-state index contributed by atoms with van der Waals surface area (Å²) < 4.78 is 0. The molecule has 4 heteroatoms. The quantitative estimate of drug-likeness (QED) is 0.915. The first kappa shape index (κ1) is 15.1. The van der Waals surface area contributed by atoms with Crippen LogP contribution < -0.4 is 10.2 Å². The highest BCUT2D eigenvalue weighted by Gasteiger charge is 2.29. The van der Waals surface area contributed by atoms with E-state index in [4.69, 9.17) is 4.98 Å². The van der Waals surface area contributed by atoms with Crippen molar-refractivity contribution in [2.45, 2.75) is 53.4 Å². The smallest absolute Gasteiger partial charge is 0.137 e. The van der Waals surface area contributed by atoms with E-state index in [2.05, 4.69) is 42.9 Å². The summed E-state index contributed by atoms with van der Waals surface area (Å²) >= 11 is 0. The lowest BCUT2D eigenvalue weighted by Crippen LogP contribution is -2.39. The van der Waals surface area contributed by atoms with E-state index in [9.17, 15) is 0 Å². The van der Waals surface area contributed by atoms with E-state index >= 15 is 0 Å². The topological polar surface area (TPSA) is 41.1 Å². The number of nitrogens with one attached hydrogen (secondary N) is 1. The Morgan fingerprint density at radius 2 is 1.85 bits per heavy atom. The Balaban J connectivity index is 2.25. The highest BCUT2D eigenvalue weighted by molar-refractivity contribution is 5.58. The third kappa shape index (κ3) is 2.89. The van der Waals surface area contributed by atoms with Crippen molar-refractivity contribution in [1.29, 1.82) is 0 Å². The number of nitrogens with zero attached hydrogens (tertiary/aromatic N) is 3. The molecule has 0 radical (unpaired) electrons. The number of hydrogen-bond acceptors (Lipinski definition) is 4. The van der Waals surface area contributed by atoms with Crippen molar-refractivity contribution in [3.63, 3.8) is 0 Å². The van der Waals surface area contributed by atoms with E-state index in [1.54, 1.807) is 0 Å². The molecule has 0 aromatic carbocycles. The third-order valence-electron chi connectivity index (χ3n) is 4.84. The predicted molar refractivity (Wildman–Crippen MR) is 85.5 cm³/mol. The summed E-state index contributed by atoms with van der Waals surface area (Å²) in [5, 5.41) is 3.20. The summed E-state index contributed by atoms with van der Waals surface area (Å²) in [6, 6.07) is 0. The zero-order valence-electron chi connectivity index (χ0n) is 13.6. The summed E-state index contributed by atoms with van der Waals surface area (Å²) in [5.74, 6) is 3.02. The van der Waals surface area contributed by atoms with Gasteiger partial charge in [0.15, 0.2) is 0 Å². The molecule has 20 heavy (non-hydrogen) atoms. The van der Waals surface area contributed by atoms with Crippen molar-refractivity contribution in [3.8, 4) is 0 Å². The molecule has 1 aromatic rings. The van der Waals surface area contributed by atoms with Gasteiger partial charge < -0.3 is 10.2 Å². The SMILES string of the molecule is CCc1nc(NC)c(C)c(N2CCC(C)(CC)CC2)n1. The van der Waals surface area contributed by atoms with Gasteiger partial charge in [0, 0.05) is 32.1 Å². The van der Waals surface area contributed by atoms with Gasteiger partial charge in [-0.1, -0.05) is 27.2 Å². The minimum atomic E-state index is 0.511. The first-order chi connectivity index (χ1) is 9.53. The van der Waals surface area contributed by atoms with Crippen molar-refractivity contribution in [2.75, 3.05) is 30.4 Å². The van der Waals surface area contributed by atoms with Gasteiger partial charge in [0.2, 0.25) is 0 Å². The highest BCUT2D eigenvalue weighted by atomic mass is 15.2. The Labute approximate surface area is 123 Å². The molecule has 0 bridgehead atoms. The first-order valence-corrected chi connectivity index (χ1v) is 7.83. The normalized spacial score (nSPS) is 18.1. The Hall–Kier alpha value is -1.32. The van der Waals surface area contributed by atoms with Gasteiger partial charge in [-0.25, -0.2) is 9.97 Å². The van der Waals surface area contributed by atoms with E-state index in [1.165, 1.54) is 24.8 Å². The molecule has 0 atom stereocenters. The van der Waals surface area contributed by atoms with Gasteiger partial charge in [0.1, 0.15) is 17.5 Å². The van der Waals surface area contributed by atoms with Crippen molar-refractivity contribution in [3.05, 3.63) is 11.4 Å². The molecule has 1 aliphatic rings. The maximum absolute atomic E-state index is 4.77.